The van der Waals surface area contributed by atoms with E-state index in [0.717, 1.165) is 0 Å². The van der Waals surface area contributed by atoms with Crippen LogP contribution in [0.4, 0.5) is 5.95 Å². The average Bonchev–Trinajstić information content (AvgIpc) is 2.67. The van der Waals surface area contributed by atoms with Gasteiger partial charge in [-0.3, -0.25) is 5.43 Å². The van der Waals surface area contributed by atoms with Crippen molar-refractivity contribution in [3.05, 3.63) is 17.9 Å². The van der Waals surface area contributed by atoms with Gasteiger partial charge in [0.05, 0.1) is 0 Å². The molecule has 0 aliphatic carbocycles. The predicted octanol–water partition coefficient (Wildman–Crippen LogP) is -0.00580. The van der Waals surface area contributed by atoms with Gasteiger partial charge < -0.3 is 0 Å². The monoisotopic (exact) mass is 240 g/mol. The number of anilines is 1. The second-order valence-corrected chi connectivity index (χ2v) is 3.41. The topological polar surface area (TPSA) is 84.6 Å². The fourth-order valence-electron chi connectivity index (χ4n) is 1.00. The molecule has 2 heterocycles. The molecule has 0 atom stereocenters. The lowest BCUT2D eigenvalue weighted by Gasteiger charge is -2.11. The Balaban J connectivity index is 2.36. The number of rotatable bonds is 3. The Morgan fingerprint density at radius 1 is 1.31 bits per heavy atom. The highest BCUT2D eigenvalue weighted by Crippen LogP contribution is 2.08. The number of aromatic nitrogens is 6. The van der Waals surface area contributed by atoms with Gasteiger partial charge in [-0.05, 0) is 11.6 Å². The van der Waals surface area contributed by atoms with Gasteiger partial charge in [-0.2, -0.15) is 24.7 Å². The molecule has 84 valence electrons. The maximum atomic E-state index is 5.77. The van der Waals surface area contributed by atoms with E-state index in [1.54, 1.807) is 5.01 Å². The molecule has 9 heteroatoms. The summed E-state index contributed by atoms with van der Waals surface area (Å²) in [7, 11) is 3.62. The highest BCUT2D eigenvalue weighted by Gasteiger charge is 2.07. The van der Waals surface area contributed by atoms with Crippen molar-refractivity contribution >= 4 is 17.5 Å². The molecular weight excluding hydrogens is 232 g/mol. The van der Waals surface area contributed by atoms with E-state index in [9.17, 15) is 0 Å². The van der Waals surface area contributed by atoms with E-state index >= 15 is 0 Å². The molecule has 0 bridgehead atoms. The van der Waals surface area contributed by atoms with Gasteiger partial charge in [-0.25, -0.2) is 9.99 Å². The lowest BCUT2D eigenvalue weighted by atomic mass is 10.8. The SMILES string of the molecule is CN(C)Nc1nc(Cl)nc(-n2cncn2)n1. The summed E-state index contributed by atoms with van der Waals surface area (Å²) in [6.45, 7) is 0. The summed E-state index contributed by atoms with van der Waals surface area (Å²) in [5, 5.41) is 5.68. The summed E-state index contributed by atoms with van der Waals surface area (Å²) < 4.78 is 1.40. The molecule has 0 aliphatic rings. The first-order valence-corrected chi connectivity index (χ1v) is 4.73. The second kappa shape index (κ2) is 4.37. The van der Waals surface area contributed by atoms with Crippen LogP contribution in [0.15, 0.2) is 12.7 Å². The van der Waals surface area contributed by atoms with Gasteiger partial charge in [0, 0.05) is 14.1 Å². The molecular formula is C7H9ClN8. The van der Waals surface area contributed by atoms with Gasteiger partial charge in [-0.15, -0.1) is 0 Å². The summed E-state index contributed by atoms with van der Waals surface area (Å²) in [4.78, 5) is 15.8. The molecule has 0 saturated carbocycles. The summed E-state index contributed by atoms with van der Waals surface area (Å²) in [6, 6.07) is 0. The Kier molecular flexibility index (Phi) is 2.93. The Morgan fingerprint density at radius 2 is 2.12 bits per heavy atom. The van der Waals surface area contributed by atoms with E-state index < -0.39 is 0 Å². The third-order valence-corrected chi connectivity index (χ3v) is 1.71. The first kappa shape index (κ1) is 10.7. The van der Waals surface area contributed by atoms with Crippen molar-refractivity contribution < 1.29 is 0 Å². The number of nitrogens with one attached hydrogen (secondary N) is 1. The second-order valence-electron chi connectivity index (χ2n) is 3.07. The molecule has 16 heavy (non-hydrogen) atoms. The first-order valence-electron chi connectivity index (χ1n) is 4.36. The molecule has 0 aromatic carbocycles. The van der Waals surface area contributed by atoms with Crippen LogP contribution in [0.1, 0.15) is 0 Å². The smallest absolute Gasteiger partial charge is 0.258 e. The zero-order valence-corrected chi connectivity index (χ0v) is 9.42. The average molecular weight is 241 g/mol. The van der Waals surface area contributed by atoms with Gasteiger partial charge in [0.25, 0.3) is 5.95 Å². The molecule has 0 unspecified atom stereocenters. The quantitative estimate of drug-likeness (QED) is 0.756. The van der Waals surface area contributed by atoms with Crippen molar-refractivity contribution in [2.75, 3.05) is 19.5 Å². The van der Waals surface area contributed by atoms with Crippen LogP contribution in [-0.4, -0.2) is 48.8 Å². The molecule has 0 spiro atoms. The van der Waals surface area contributed by atoms with Crippen LogP contribution in [0.3, 0.4) is 0 Å². The van der Waals surface area contributed by atoms with E-state index in [1.807, 2.05) is 14.1 Å². The van der Waals surface area contributed by atoms with Gasteiger partial charge in [0.1, 0.15) is 12.7 Å². The molecule has 0 aliphatic heterocycles. The van der Waals surface area contributed by atoms with Crippen molar-refractivity contribution in [3.8, 4) is 5.95 Å². The maximum absolute atomic E-state index is 5.77. The molecule has 2 aromatic heterocycles. The number of halogens is 1. The summed E-state index contributed by atoms with van der Waals surface area (Å²) >= 11 is 5.77. The van der Waals surface area contributed by atoms with E-state index in [2.05, 4.69) is 30.5 Å². The van der Waals surface area contributed by atoms with Gasteiger partial charge in [0.2, 0.25) is 11.2 Å². The normalized spacial score (nSPS) is 10.8. The van der Waals surface area contributed by atoms with E-state index in [-0.39, 0.29) is 5.28 Å². The van der Waals surface area contributed by atoms with E-state index in [4.69, 9.17) is 11.6 Å². The molecule has 2 aromatic rings. The Labute approximate surface area is 96.3 Å². The Bertz CT molecular complexity index is 467. The maximum Gasteiger partial charge on any atom is 0.258 e. The summed E-state index contributed by atoms with van der Waals surface area (Å²) in [6.07, 6.45) is 2.86. The minimum absolute atomic E-state index is 0.0878. The predicted molar refractivity (Wildman–Crippen MR) is 57.1 cm³/mol. The fraction of sp³-hybridized carbons (Fsp3) is 0.286. The molecule has 0 amide bonds. The van der Waals surface area contributed by atoms with Crippen LogP contribution in [0.25, 0.3) is 5.95 Å². The molecule has 0 saturated heterocycles. The Hall–Kier alpha value is -1.80. The van der Waals surface area contributed by atoms with Crippen molar-refractivity contribution in [3.63, 3.8) is 0 Å². The third kappa shape index (κ3) is 2.41. The lowest BCUT2D eigenvalue weighted by molar-refractivity contribution is 0.488. The van der Waals surface area contributed by atoms with Gasteiger partial charge >= 0.3 is 0 Å². The van der Waals surface area contributed by atoms with Gasteiger partial charge in [0.15, 0.2) is 0 Å². The minimum atomic E-state index is 0.0878. The Morgan fingerprint density at radius 3 is 2.75 bits per heavy atom. The summed E-state index contributed by atoms with van der Waals surface area (Å²) in [5.74, 6) is 0.650. The molecule has 8 nitrogen and oxygen atoms in total. The molecule has 2 rings (SSSR count). The fourth-order valence-corrected chi connectivity index (χ4v) is 1.16. The number of hydrazine groups is 1. The number of hydrogen-bond acceptors (Lipinski definition) is 7. The van der Waals surface area contributed by atoms with Crippen molar-refractivity contribution in [1.29, 1.82) is 0 Å². The lowest BCUT2D eigenvalue weighted by Crippen LogP contribution is -2.22. The number of hydrogen-bond donors (Lipinski definition) is 1. The van der Waals surface area contributed by atoms with Crippen molar-refractivity contribution in [2.45, 2.75) is 0 Å². The van der Waals surface area contributed by atoms with Crippen LogP contribution >= 0.6 is 11.6 Å². The molecule has 0 radical (unpaired) electrons. The van der Waals surface area contributed by atoms with E-state index in [1.165, 1.54) is 17.3 Å². The summed E-state index contributed by atoms with van der Waals surface area (Å²) in [5.41, 5.74) is 2.87. The van der Waals surface area contributed by atoms with Crippen LogP contribution in [0.2, 0.25) is 5.28 Å². The van der Waals surface area contributed by atoms with E-state index in [0.29, 0.717) is 11.9 Å². The number of nitrogens with zero attached hydrogens (tertiary/aromatic N) is 7. The molecule has 1 N–H and O–H groups in total. The minimum Gasteiger partial charge on any atom is -0.287 e. The van der Waals surface area contributed by atoms with Crippen LogP contribution in [0.5, 0.6) is 0 Å². The largest absolute Gasteiger partial charge is 0.287 e. The zero-order chi connectivity index (χ0) is 11.5. The van der Waals surface area contributed by atoms with Crippen molar-refractivity contribution in [2.24, 2.45) is 0 Å². The first-order chi connectivity index (χ1) is 7.65. The van der Waals surface area contributed by atoms with Crippen molar-refractivity contribution in [1.82, 2.24) is 34.7 Å². The third-order valence-electron chi connectivity index (χ3n) is 1.54. The van der Waals surface area contributed by atoms with Gasteiger partial charge in [-0.1, -0.05) is 0 Å². The van der Waals surface area contributed by atoms with Crippen LogP contribution < -0.4 is 5.43 Å². The highest BCUT2D eigenvalue weighted by molar-refractivity contribution is 6.28. The standard InChI is InChI=1S/C7H9ClN8/c1-15(2)14-6-11-5(8)12-7(13-6)16-4-9-3-10-16/h3-4H,1-2H3,(H,11,12,13,14). The highest BCUT2D eigenvalue weighted by atomic mass is 35.5. The molecule has 0 fully saturated rings. The van der Waals surface area contributed by atoms with Crippen LogP contribution in [-0.2, 0) is 0 Å². The van der Waals surface area contributed by atoms with Crippen LogP contribution in [0, 0.1) is 0 Å². The zero-order valence-electron chi connectivity index (χ0n) is 8.66.